The second kappa shape index (κ2) is 10.2. The van der Waals surface area contributed by atoms with Crippen molar-refractivity contribution in [2.75, 3.05) is 27.1 Å². The number of hydrogen-bond donors (Lipinski definition) is 0. The smallest absolute Gasteiger partial charge is 0.203 e. The molecule has 5 nitrogen and oxygen atoms in total. The molecule has 0 saturated carbocycles. The van der Waals surface area contributed by atoms with Crippen LogP contribution in [0.25, 0.3) is 22.4 Å². The fraction of sp³-hybridized carbons (Fsp3) is 0.296. The molecule has 0 unspecified atom stereocenters. The number of imidazole rings is 1. The summed E-state index contributed by atoms with van der Waals surface area (Å²) in [6.45, 7) is 5.02. The Morgan fingerprint density at radius 2 is 1.58 bits per heavy atom. The van der Waals surface area contributed by atoms with E-state index in [4.69, 9.17) is 19.2 Å². The molecule has 0 saturated heterocycles. The molecule has 4 rings (SSSR count). The number of fused-ring (bicyclic) bond motifs is 1. The normalized spacial score (nSPS) is 11.1. The van der Waals surface area contributed by atoms with Crippen molar-refractivity contribution in [2.45, 2.75) is 31.7 Å². The van der Waals surface area contributed by atoms with Gasteiger partial charge in [0, 0.05) is 17.0 Å². The van der Waals surface area contributed by atoms with Gasteiger partial charge in [-0.15, -0.1) is 11.8 Å². The molecule has 0 radical (unpaired) electrons. The summed E-state index contributed by atoms with van der Waals surface area (Å²) in [6.07, 6.45) is 1.14. The SMILES string of the molecule is CCCSc1ccc2nc(-c3cc(OC)c(OC)c(OC)c3)n(Cc3ccc(C)cc3)c2c1. The molecular formula is C27H30N2O3S. The third-order valence-electron chi connectivity index (χ3n) is 5.58. The van der Waals surface area contributed by atoms with Gasteiger partial charge < -0.3 is 18.8 Å². The van der Waals surface area contributed by atoms with Gasteiger partial charge in [-0.25, -0.2) is 4.98 Å². The van der Waals surface area contributed by atoms with Crippen LogP contribution in [0.4, 0.5) is 0 Å². The second-order valence-electron chi connectivity index (χ2n) is 7.92. The molecular weight excluding hydrogens is 432 g/mol. The van der Waals surface area contributed by atoms with Crippen molar-refractivity contribution < 1.29 is 14.2 Å². The van der Waals surface area contributed by atoms with Gasteiger partial charge in [0.1, 0.15) is 5.82 Å². The van der Waals surface area contributed by atoms with Crippen molar-refractivity contribution in [1.29, 1.82) is 0 Å². The first-order valence-corrected chi connectivity index (χ1v) is 12.1. The van der Waals surface area contributed by atoms with E-state index >= 15 is 0 Å². The van der Waals surface area contributed by atoms with E-state index in [1.165, 1.54) is 16.0 Å². The van der Waals surface area contributed by atoms with Crippen molar-refractivity contribution in [3.8, 4) is 28.6 Å². The molecule has 0 amide bonds. The summed E-state index contributed by atoms with van der Waals surface area (Å²) in [5.74, 6) is 3.75. The summed E-state index contributed by atoms with van der Waals surface area (Å²) in [7, 11) is 4.88. The lowest BCUT2D eigenvalue weighted by molar-refractivity contribution is 0.324. The minimum atomic E-state index is 0.572. The lowest BCUT2D eigenvalue weighted by Crippen LogP contribution is -2.03. The monoisotopic (exact) mass is 462 g/mol. The number of benzene rings is 3. The number of methoxy groups -OCH3 is 3. The Balaban J connectivity index is 1.90. The van der Waals surface area contributed by atoms with Crippen molar-refractivity contribution in [3.63, 3.8) is 0 Å². The molecule has 0 atom stereocenters. The van der Waals surface area contributed by atoms with Gasteiger partial charge in [0.15, 0.2) is 11.5 Å². The molecule has 0 aliphatic heterocycles. The highest BCUT2D eigenvalue weighted by Gasteiger charge is 2.19. The third kappa shape index (κ3) is 4.81. The molecule has 33 heavy (non-hydrogen) atoms. The lowest BCUT2D eigenvalue weighted by Gasteiger charge is -2.15. The predicted octanol–water partition coefficient (Wildman–Crippen LogP) is 6.59. The van der Waals surface area contributed by atoms with Crippen LogP contribution in [-0.4, -0.2) is 36.6 Å². The zero-order valence-electron chi connectivity index (χ0n) is 19.8. The van der Waals surface area contributed by atoms with Crippen LogP contribution in [0.15, 0.2) is 59.5 Å². The fourth-order valence-corrected chi connectivity index (χ4v) is 4.68. The van der Waals surface area contributed by atoms with E-state index in [9.17, 15) is 0 Å². The van der Waals surface area contributed by atoms with Crippen LogP contribution in [-0.2, 0) is 6.54 Å². The van der Waals surface area contributed by atoms with E-state index in [1.54, 1.807) is 21.3 Å². The van der Waals surface area contributed by atoms with Gasteiger partial charge in [-0.2, -0.15) is 0 Å². The quantitative estimate of drug-likeness (QED) is 0.263. The summed E-state index contributed by atoms with van der Waals surface area (Å²) in [4.78, 5) is 6.28. The molecule has 172 valence electrons. The Morgan fingerprint density at radius 1 is 0.879 bits per heavy atom. The molecule has 0 N–H and O–H groups in total. The first-order chi connectivity index (χ1) is 16.1. The highest BCUT2D eigenvalue weighted by atomic mass is 32.2. The summed E-state index contributed by atoms with van der Waals surface area (Å²) in [5, 5.41) is 0. The van der Waals surface area contributed by atoms with Gasteiger partial charge in [-0.05, 0) is 55.0 Å². The van der Waals surface area contributed by atoms with Gasteiger partial charge in [0.2, 0.25) is 5.75 Å². The van der Waals surface area contributed by atoms with E-state index in [2.05, 4.69) is 60.9 Å². The molecule has 1 aromatic heterocycles. The number of thioether (sulfide) groups is 1. The van der Waals surface area contributed by atoms with Crippen molar-refractivity contribution >= 4 is 22.8 Å². The van der Waals surface area contributed by atoms with Crippen LogP contribution in [0, 0.1) is 6.92 Å². The summed E-state index contributed by atoms with van der Waals surface area (Å²) in [5.41, 5.74) is 5.46. The molecule has 0 fully saturated rings. The molecule has 0 spiro atoms. The van der Waals surface area contributed by atoms with Gasteiger partial charge in [0.05, 0.1) is 32.4 Å². The minimum absolute atomic E-state index is 0.572. The summed E-state index contributed by atoms with van der Waals surface area (Å²) < 4.78 is 19.0. The molecule has 0 aliphatic carbocycles. The van der Waals surface area contributed by atoms with Crippen LogP contribution in [0.5, 0.6) is 17.2 Å². The Labute approximate surface area is 199 Å². The molecule has 0 bridgehead atoms. The van der Waals surface area contributed by atoms with E-state index in [-0.39, 0.29) is 0 Å². The van der Waals surface area contributed by atoms with Crippen molar-refractivity contribution in [2.24, 2.45) is 0 Å². The largest absolute Gasteiger partial charge is 0.493 e. The maximum atomic E-state index is 5.60. The number of hydrogen-bond acceptors (Lipinski definition) is 5. The number of nitrogens with zero attached hydrogens (tertiary/aromatic N) is 2. The average molecular weight is 463 g/mol. The van der Waals surface area contributed by atoms with E-state index in [1.807, 2.05) is 23.9 Å². The zero-order chi connectivity index (χ0) is 23.4. The molecule has 3 aromatic carbocycles. The van der Waals surface area contributed by atoms with Crippen LogP contribution < -0.4 is 14.2 Å². The first kappa shape index (κ1) is 23.1. The highest BCUT2D eigenvalue weighted by molar-refractivity contribution is 7.99. The van der Waals surface area contributed by atoms with Crippen molar-refractivity contribution in [1.82, 2.24) is 9.55 Å². The third-order valence-corrected chi connectivity index (χ3v) is 6.78. The topological polar surface area (TPSA) is 45.5 Å². The van der Waals surface area contributed by atoms with E-state index < -0.39 is 0 Å². The predicted molar refractivity (Wildman–Crippen MR) is 136 cm³/mol. The Bertz CT molecular complexity index is 1220. The first-order valence-electron chi connectivity index (χ1n) is 11.1. The van der Waals surface area contributed by atoms with Crippen LogP contribution in [0.1, 0.15) is 24.5 Å². The highest BCUT2D eigenvalue weighted by Crippen LogP contribution is 2.41. The van der Waals surface area contributed by atoms with Gasteiger partial charge in [-0.1, -0.05) is 36.8 Å². The number of aromatic nitrogens is 2. The Hall–Kier alpha value is -3.12. The molecule has 1 heterocycles. The maximum Gasteiger partial charge on any atom is 0.203 e. The lowest BCUT2D eigenvalue weighted by atomic mass is 10.1. The van der Waals surface area contributed by atoms with E-state index in [0.29, 0.717) is 23.8 Å². The zero-order valence-corrected chi connectivity index (χ0v) is 20.7. The second-order valence-corrected chi connectivity index (χ2v) is 9.09. The van der Waals surface area contributed by atoms with E-state index in [0.717, 1.165) is 34.6 Å². The van der Waals surface area contributed by atoms with Gasteiger partial charge in [-0.3, -0.25) is 0 Å². The van der Waals surface area contributed by atoms with Crippen molar-refractivity contribution in [3.05, 3.63) is 65.7 Å². The summed E-state index contributed by atoms with van der Waals surface area (Å²) in [6, 6.07) is 19.1. The van der Waals surface area contributed by atoms with Crippen LogP contribution in [0.2, 0.25) is 0 Å². The fourth-order valence-electron chi connectivity index (χ4n) is 3.88. The number of rotatable bonds is 9. The summed E-state index contributed by atoms with van der Waals surface area (Å²) >= 11 is 1.88. The number of aryl methyl sites for hydroxylation is 1. The Kier molecular flexibility index (Phi) is 7.14. The molecule has 4 aromatic rings. The van der Waals surface area contributed by atoms with Gasteiger partial charge in [0.25, 0.3) is 0 Å². The average Bonchev–Trinajstić information content (AvgIpc) is 3.20. The minimum Gasteiger partial charge on any atom is -0.493 e. The molecule has 6 heteroatoms. The van der Waals surface area contributed by atoms with Crippen LogP contribution >= 0.6 is 11.8 Å². The Morgan fingerprint density at radius 3 is 2.18 bits per heavy atom. The standard InChI is InChI=1S/C27H30N2O3S/c1-6-13-33-21-11-12-22-23(16-21)29(17-19-9-7-18(2)8-10-19)27(28-22)20-14-24(30-3)26(32-5)25(15-20)31-4/h7-12,14-16H,6,13,17H2,1-5H3. The van der Waals surface area contributed by atoms with Gasteiger partial charge >= 0.3 is 0 Å². The molecule has 0 aliphatic rings. The van der Waals surface area contributed by atoms with Crippen LogP contribution in [0.3, 0.4) is 0 Å². The number of ether oxygens (including phenoxy) is 3. The maximum absolute atomic E-state index is 5.60.